The van der Waals surface area contributed by atoms with E-state index in [1.807, 2.05) is 5.38 Å². The van der Waals surface area contributed by atoms with Gasteiger partial charge >= 0.3 is 5.97 Å². The molecule has 1 heterocycles. The fourth-order valence-corrected chi connectivity index (χ4v) is 3.63. The number of hydrogen-bond acceptors (Lipinski definition) is 4. The third-order valence-corrected chi connectivity index (χ3v) is 5.27. The summed E-state index contributed by atoms with van der Waals surface area (Å²) in [5.74, 6) is -0.762. The van der Waals surface area contributed by atoms with Crippen molar-refractivity contribution in [2.45, 2.75) is 58.4 Å². The van der Waals surface area contributed by atoms with E-state index in [2.05, 4.69) is 30.8 Å². The van der Waals surface area contributed by atoms with Gasteiger partial charge in [0, 0.05) is 24.9 Å². The minimum Gasteiger partial charge on any atom is -0.481 e. The molecule has 1 aromatic rings. The highest BCUT2D eigenvalue weighted by molar-refractivity contribution is 7.13. The second kappa shape index (κ2) is 6.12. The number of aryl methyl sites for hydroxylation is 1. The minimum atomic E-state index is -0.762. The highest BCUT2D eigenvalue weighted by Crippen LogP contribution is 2.38. The van der Waals surface area contributed by atoms with Gasteiger partial charge in [0.05, 0.1) is 12.1 Å². The highest BCUT2D eigenvalue weighted by atomic mass is 32.1. The zero-order valence-electron chi connectivity index (χ0n) is 12.6. The molecule has 112 valence electrons. The Morgan fingerprint density at radius 2 is 2.15 bits per heavy atom. The van der Waals surface area contributed by atoms with E-state index in [1.165, 1.54) is 25.7 Å². The molecule has 20 heavy (non-hydrogen) atoms. The molecule has 0 aromatic carbocycles. The lowest BCUT2D eigenvalue weighted by Crippen LogP contribution is -2.37. The van der Waals surface area contributed by atoms with Crippen LogP contribution in [0.5, 0.6) is 0 Å². The lowest BCUT2D eigenvalue weighted by Gasteiger charge is -2.38. The Kier molecular flexibility index (Phi) is 4.68. The van der Waals surface area contributed by atoms with E-state index in [1.54, 1.807) is 11.3 Å². The van der Waals surface area contributed by atoms with Crippen LogP contribution in [0.4, 0.5) is 5.13 Å². The maximum atomic E-state index is 10.6. The first-order chi connectivity index (χ1) is 9.37. The molecule has 0 aliphatic heterocycles. The Labute approximate surface area is 124 Å². The van der Waals surface area contributed by atoms with Gasteiger partial charge in [-0.25, -0.2) is 4.98 Å². The molecule has 0 spiro atoms. The first kappa shape index (κ1) is 15.3. The molecule has 0 saturated heterocycles. The zero-order valence-corrected chi connectivity index (χ0v) is 13.4. The van der Waals surface area contributed by atoms with Crippen molar-refractivity contribution >= 4 is 22.4 Å². The van der Waals surface area contributed by atoms with Gasteiger partial charge in [0.15, 0.2) is 5.13 Å². The smallest absolute Gasteiger partial charge is 0.303 e. The molecule has 0 unspecified atom stereocenters. The van der Waals surface area contributed by atoms with Crippen molar-refractivity contribution < 1.29 is 9.90 Å². The molecule has 1 fully saturated rings. The molecule has 1 aliphatic carbocycles. The molecular weight excluding hydrogens is 272 g/mol. The van der Waals surface area contributed by atoms with Crippen LogP contribution in [0.15, 0.2) is 5.38 Å². The Balaban J connectivity index is 1.92. The number of carboxylic acids is 1. The molecule has 0 bridgehead atoms. The number of carboxylic acid groups (broad SMARTS) is 1. The Bertz CT molecular complexity index is 460. The molecule has 1 aliphatic rings. The van der Waals surface area contributed by atoms with Crippen LogP contribution < -0.4 is 4.90 Å². The number of anilines is 1. The van der Waals surface area contributed by atoms with Crippen LogP contribution in [-0.4, -0.2) is 29.1 Å². The Morgan fingerprint density at radius 3 is 2.75 bits per heavy atom. The molecule has 4 nitrogen and oxygen atoms in total. The fourth-order valence-electron chi connectivity index (χ4n) is 2.74. The Morgan fingerprint density at radius 1 is 1.50 bits per heavy atom. The van der Waals surface area contributed by atoms with E-state index in [-0.39, 0.29) is 6.42 Å². The molecule has 1 saturated carbocycles. The topological polar surface area (TPSA) is 53.4 Å². The summed E-state index contributed by atoms with van der Waals surface area (Å²) in [5.41, 5.74) is 1.38. The van der Waals surface area contributed by atoms with Crippen molar-refractivity contribution in [2.24, 2.45) is 5.41 Å². The molecule has 0 radical (unpaired) electrons. The zero-order chi connectivity index (χ0) is 14.8. The molecule has 1 aromatic heterocycles. The van der Waals surface area contributed by atoms with Crippen molar-refractivity contribution in [2.75, 3.05) is 11.9 Å². The molecule has 0 amide bonds. The fraction of sp³-hybridized carbons (Fsp3) is 0.733. The van der Waals surface area contributed by atoms with Gasteiger partial charge in [-0.15, -0.1) is 11.3 Å². The van der Waals surface area contributed by atoms with Crippen molar-refractivity contribution in [1.82, 2.24) is 4.98 Å². The maximum absolute atomic E-state index is 10.6. The van der Waals surface area contributed by atoms with E-state index in [0.717, 1.165) is 10.8 Å². The van der Waals surface area contributed by atoms with Crippen molar-refractivity contribution in [3.05, 3.63) is 11.1 Å². The predicted octanol–water partition coefficient (Wildman–Crippen LogP) is 3.57. The average molecular weight is 296 g/mol. The van der Waals surface area contributed by atoms with Crippen molar-refractivity contribution in [1.29, 1.82) is 0 Å². The number of thiazole rings is 1. The molecule has 0 atom stereocenters. The number of nitrogens with zero attached hydrogens (tertiary/aromatic N) is 2. The number of hydrogen-bond donors (Lipinski definition) is 1. The van der Waals surface area contributed by atoms with Crippen LogP contribution in [0.1, 0.15) is 51.6 Å². The van der Waals surface area contributed by atoms with E-state index >= 15 is 0 Å². The average Bonchev–Trinajstić information content (AvgIpc) is 2.84. The van der Waals surface area contributed by atoms with E-state index in [4.69, 9.17) is 5.11 Å². The SMILES string of the molecule is CN(c1nc(CCC(=O)O)cs1)C1CCC(C)(C)CC1. The standard InChI is InChI=1S/C15H24N2O2S/c1-15(2)8-6-12(7-9-15)17(3)14-16-11(10-20-14)4-5-13(18)19/h10,12H,4-9H2,1-3H3,(H,18,19). The Hall–Kier alpha value is -1.10. The van der Waals surface area contributed by atoms with Gasteiger partial charge in [-0.2, -0.15) is 0 Å². The van der Waals surface area contributed by atoms with Crippen LogP contribution in [-0.2, 0) is 11.2 Å². The molecule has 2 rings (SSSR count). The van der Waals surface area contributed by atoms with Gasteiger partial charge in [-0.05, 0) is 31.1 Å². The molecule has 1 N–H and O–H groups in total. The molecular formula is C15H24N2O2S. The van der Waals surface area contributed by atoms with Crippen molar-refractivity contribution in [3.8, 4) is 0 Å². The third-order valence-electron chi connectivity index (χ3n) is 4.29. The van der Waals surface area contributed by atoms with Gasteiger partial charge in [-0.3, -0.25) is 4.79 Å². The summed E-state index contributed by atoms with van der Waals surface area (Å²) < 4.78 is 0. The summed E-state index contributed by atoms with van der Waals surface area (Å²) >= 11 is 1.62. The molecule has 5 heteroatoms. The summed E-state index contributed by atoms with van der Waals surface area (Å²) in [6, 6.07) is 0.571. The van der Waals surface area contributed by atoms with Gasteiger partial charge < -0.3 is 10.0 Å². The van der Waals surface area contributed by atoms with Gasteiger partial charge in [-0.1, -0.05) is 13.8 Å². The number of rotatable bonds is 5. The minimum absolute atomic E-state index is 0.157. The van der Waals surface area contributed by atoms with Gasteiger partial charge in [0.25, 0.3) is 0 Å². The highest BCUT2D eigenvalue weighted by Gasteiger charge is 2.29. The summed E-state index contributed by atoms with van der Waals surface area (Å²) in [4.78, 5) is 17.4. The summed E-state index contributed by atoms with van der Waals surface area (Å²) in [7, 11) is 2.11. The lowest BCUT2D eigenvalue weighted by atomic mass is 9.75. The second-order valence-corrected chi connectivity index (χ2v) is 7.36. The summed E-state index contributed by atoms with van der Waals surface area (Å²) in [6.45, 7) is 4.69. The van der Waals surface area contributed by atoms with Crippen LogP contribution in [0, 0.1) is 5.41 Å². The van der Waals surface area contributed by atoms with Crippen LogP contribution in [0.2, 0.25) is 0 Å². The van der Waals surface area contributed by atoms with Crippen LogP contribution in [0.25, 0.3) is 0 Å². The van der Waals surface area contributed by atoms with E-state index in [9.17, 15) is 4.79 Å². The number of aliphatic carboxylic acids is 1. The normalized spacial score (nSPS) is 18.9. The van der Waals surface area contributed by atoms with Crippen molar-refractivity contribution in [3.63, 3.8) is 0 Å². The number of aromatic nitrogens is 1. The van der Waals surface area contributed by atoms with Gasteiger partial charge in [0.1, 0.15) is 0 Å². The van der Waals surface area contributed by atoms with E-state index < -0.39 is 5.97 Å². The maximum Gasteiger partial charge on any atom is 0.303 e. The predicted molar refractivity (Wildman–Crippen MR) is 82.5 cm³/mol. The van der Waals surface area contributed by atoms with E-state index in [0.29, 0.717) is 17.9 Å². The monoisotopic (exact) mass is 296 g/mol. The quantitative estimate of drug-likeness (QED) is 0.902. The van der Waals surface area contributed by atoms with Crippen LogP contribution in [0.3, 0.4) is 0 Å². The van der Waals surface area contributed by atoms with Crippen LogP contribution >= 0.6 is 11.3 Å². The summed E-state index contributed by atoms with van der Waals surface area (Å²) in [5, 5.41) is 11.7. The number of carbonyl (C=O) groups is 1. The second-order valence-electron chi connectivity index (χ2n) is 6.52. The third kappa shape index (κ3) is 3.95. The first-order valence-electron chi connectivity index (χ1n) is 7.26. The largest absolute Gasteiger partial charge is 0.481 e. The first-order valence-corrected chi connectivity index (χ1v) is 8.14. The summed E-state index contributed by atoms with van der Waals surface area (Å²) in [6.07, 6.45) is 5.64. The van der Waals surface area contributed by atoms with Gasteiger partial charge in [0.2, 0.25) is 0 Å². The lowest BCUT2D eigenvalue weighted by molar-refractivity contribution is -0.136.